The topological polar surface area (TPSA) is 65.4 Å². The van der Waals surface area contributed by atoms with Crippen molar-refractivity contribution in [3.05, 3.63) is 71.9 Å². The third kappa shape index (κ3) is 4.52. The zero-order chi connectivity index (χ0) is 19.9. The minimum absolute atomic E-state index is 0.202. The second-order valence-corrected chi connectivity index (χ2v) is 6.51. The summed E-state index contributed by atoms with van der Waals surface area (Å²) in [5, 5.41) is 7.21. The van der Waals surface area contributed by atoms with Crippen molar-refractivity contribution < 1.29 is 14.3 Å². The normalized spacial score (nSPS) is 11.7. The molecule has 1 aromatic heterocycles. The van der Waals surface area contributed by atoms with Crippen LogP contribution in [-0.2, 0) is 6.61 Å². The molecule has 0 aliphatic rings. The minimum Gasteiger partial charge on any atom is -0.493 e. The Hall–Kier alpha value is -3.28. The quantitative estimate of drug-likeness (QED) is 0.616. The van der Waals surface area contributed by atoms with E-state index in [2.05, 4.69) is 24.3 Å². The van der Waals surface area contributed by atoms with Crippen molar-refractivity contribution in [3.8, 4) is 11.5 Å². The molecule has 1 unspecified atom stereocenters. The molecule has 3 rings (SSSR count). The summed E-state index contributed by atoms with van der Waals surface area (Å²) in [5.74, 6) is 1.55. The van der Waals surface area contributed by atoms with Crippen molar-refractivity contribution in [2.45, 2.75) is 32.9 Å². The standard InChI is InChI=1S/C22H25N3O3/c1-4-16(2)25-21(12-13-23-25)24-22(26)18-10-11-19(20(14-18)27-3)28-15-17-8-6-5-7-9-17/h5-14,16H,4,15H2,1-3H3,(H,24,26). The molecule has 0 bridgehead atoms. The number of aromatic nitrogens is 2. The average molecular weight is 379 g/mol. The summed E-state index contributed by atoms with van der Waals surface area (Å²) in [7, 11) is 1.56. The van der Waals surface area contributed by atoms with Crippen molar-refractivity contribution in [2.75, 3.05) is 12.4 Å². The van der Waals surface area contributed by atoms with Gasteiger partial charge in [-0.3, -0.25) is 4.79 Å². The smallest absolute Gasteiger partial charge is 0.256 e. The molecule has 6 nitrogen and oxygen atoms in total. The van der Waals surface area contributed by atoms with Gasteiger partial charge < -0.3 is 14.8 Å². The first-order valence-corrected chi connectivity index (χ1v) is 9.32. The SMILES string of the molecule is CCC(C)n1nccc1NC(=O)c1ccc(OCc2ccccc2)c(OC)c1. The van der Waals surface area contributed by atoms with E-state index in [-0.39, 0.29) is 11.9 Å². The average Bonchev–Trinajstić information content (AvgIpc) is 3.20. The molecule has 1 amide bonds. The third-order valence-corrected chi connectivity index (χ3v) is 4.58. The van der Waals surface area contributed by atoms with Crippen molar-refractivity contribution >= 4 is 11.7 Å². The van der Waals surface area contributed by atoms with Crippen LogP contribution in [-0.4, -0.2) is 22.8 Å². The highest BCUT2D eigenvalue weighted by molar-refractivity contribution is 6.04. The molecule has 0 spiro atoms. The number of nitrogens with one attached hydrogen (secondary N) is 1. The number of carbonyl (C=O) groups excluding carboxylic acids is 1. The lowest BCUT2D eigenvalue weighted by Crippen LogP contribution is -2.17. The van der Waals surface area contributed by atoms with E-state index >= 15 is 0 Å². The Labute approximate surface area is 165 Å². The van der Waals surface area contributed by atoms with Crippen LogP contribution in [0.25, 0.3) is 0 Å². The molecule has 0 saturated carbocycles. The molecule has 0 aliphatic heterocycles. The molecule has 0 radical (unpaired) electrons. The fourth-order valence-corrected chi connectivity index (χ4v) is 2.79. The first-order valence-electron chi connectivity index (χ1n) is 9.32. The van der Waals surface area contributed by atoms with Gasteiger partial charge in [-0.2, -0.15) is 5.10 Å². The lowest BCUT2D eigenvalue weighted by Gasteiger charge is -2.15. The number of rotatable bonds is 8. The second kappa shape index (κ2) is 9.08. The molecular formula is C22H25N3O3. The Bertz CT molecular complexity index is 922. The number of anilines is 1. The molecule has 2 aromatic carbocycles. The molecule has 0 saturated heterocycles. The van der Waals surface area contributed by atoms with Gasteiger partial charge in [-0.15, -0.1) is 0 Å². The van der Waals surface area contributed by atoms with Crippen molar-refractivity contribution in [2.24, 2.45) is 0 Å². The van der Waals surface area contributed by atoms with E-state index < -0.39 is 0 Å². The molecule has 0 aliphatic carbocycles. The van der Waals surface area contributed by atoms with Gasteiger partial charge in [0.1, 0.15) is 12.4 Å². The molecule has 3 aromatic rings. The number of hydrogen-bond donors (Lipinski definition) is 1. The number of ether oxygens (including phenoxy) is 2. The van der Waals surface area contributed by atoms with E-state index in [9.17, 15) is 4.79 Å². The van der Waals surface area contributed by atoms with E-state index in [0.29, 0.717) is 29.5 Å². The molecule has 6 heteroatoms. The molecule has 28 heavy (non-hydrogen) atoms. The van der Waals surface area contributed by atoms with E-state index in [1.54, 1.807) is 37.6 Å². The van der Waals surface area contributed by atoms with Crippen LogP contribution >= 0.6 is 0 Å². The van der Waals surface area contributed by atoms with Crippen molar-refractivity contribution in [3.63, 3.8) is 0 Å². The number of amides is 1. The van der Waals surface area contributed by atoms with Gasteiger partial charge in [0.2, 0.25) is 0 Å². The van der Waals surface area contributed by atoms with Crippen LogP contribution in [0, 0.1) is 0 Å². The van der Waals surface area contributed by atoms with Gasteiger partial charge >= 0.3 is 0 Å². The van der Waals surface area contributed by atoms with Gasteiger partial charge in [-0.25, -0.2) is 4.68 Å². The Balaban J connectivity index is 1.72. The Morgan fingerprint density at radius 3 is 2.64 bits per heavy atom. The van der Waals surface area contributed by atoms with Crippen LogP contribution in [0.15, 0.2) is 60.8 Å². The number of nitrogens with zero attached hydrogens (tertiary/aromatic N) is 2. The number of carbonyl (C=O) groups is 1. The first kappa shape index (κ1) is 19.5. The summed E-state index contributed by atoms with van der Waals surface area (Å²) >= 11 is 0. The van der Waals surface area contributed by atoms with Crippen LogP contribution in [0.1, 0.15) is 42.2 Å². The van der Waals surface area contributed by atoms with Crippen LogP contribution in [0.4, 0.5) is 5.82 Å². The van der Waals surface area contributed by atoms with Crippen LogP contribution in [0.3, 0.4) is 0 Å². The van der Waals surface area contributed by atoms with Crippen molar-refractivity contribution in [1.29, 1.82) is 0 Å². The summed E-state index contributed by atoms with van der Waals surface area (Å²) < 4.78 is 13.1. The molecule has 1 N–H and O–H groups in total. The Morgan fingerprint density at radius 1 is 1.14 bits per heavy atom. The fraction of sp³-hybridized carbons (Fsp3) is 0.273. The summed E-state index contributed by atoms with van der Waals surface area (Å²) in [4.78, 5) is 12.7. The van der Waals surface area contributed by atoms with Gasteiger partial charge in [0, 0.05) is 11.6 Å². The Kier molecular flexibility index (Phi) is 6.32. The maximum atomic E-state index is 12.7. The van der Waals surface area contributed by atoms with Gasteiger partial charge in [0.05, 0.1) is 19.3 Å². The molecule has 1 atom stereocenters. The number of benzene rings is 2. The highest BCUT2D eigenvalue weighted by Crippen LogP contribution is 2.29. The molecule has 1 heterocycles. The summed E-state index contributed by atoms with van der Waals surface area (Å²) in [5.41, 5.74) is 1.55. The summed E-state index contributed by atoms with van der Waals surface area (Å²) in [6, 6.07) is 17.0. The van der Waals surface area contributed by atoms with Crippen LogP contribution < -0.4 is 14.8 Å². The second-order valence-electron chi connectivity index (χ2n) is 6.51. The lowest BCUT2D eigenvalue weighted by molar-refractivity contribution is 0.102. The highest BCUT2D eigenvalue weighted by atomic mass is 16.5. The van der Waals surface area contributed by atoms with Gasteiger partial charge in [0.15, 0.2) is 11.5 Å². The molecule has 146 valence electrons. The fourth-order valence-electron chi connectivity index (χ4n) is 2.79. The monoisotopic (exact) mass is 379 g/mol. The van der Waals surface area contributed by atoms with Gasteiger partial charge in [0.25, 0.3) is 5.91 Å². The Morgan fingerprint density at radius 2 is 1.93 bits per heavy atom. The van der Waals surface area contributed by atoms with Gasteiger partial charge in [-0.05, 0) is 37.1 Å². The van der Waals surface area contributed by atoms with Crippen LogP contribution in [0.2, 0.25) is 0 Å². The zero-order valence-corrected chi connectivity index (χ0v) is 16.4. The van der Waals surface area contributed by atoms with Gasteiger partial charge in [-0.1, -0.05) is 37.3 Å². The lowest BCUT2D eigenvalue weighted by atomic mass is 10.2. The first-order chi connectivity index (χ1) is 13.6. The zero-order valence-electron chi connectivity index (χ0n) is 16.4. The van der Waals surface area contributed by atoms with E-state index in [1.807, 2.05) is 35.0 Å². The third-order valence-electron chi connectivity index (χ3n) is 4.58. The summed E-state index contributed by atoms with van der Waals surface area (Å²) in [6.45, 7) is 4.57. The predicted molar refractivity (Wildman–Crippen MR) is 109 cm³/mol. The predicted octanol–water partition coefficient (Wildman–Crippen LogP) is 4.69. The maximum absolute atomic E-state index is 12.7. The largest absolute Gasteiger partial charge is 0.493 e. The van der Waals surface area contributed by atoms with Crippen molar-refractivity contribution in [1.82, 2.24) is 9.78 Å². The minimum atomic E-state index is -0.224. The van der Waals surface area contributed by atoms with E-state index in [0.717, 1.165) is 12.0 Å². The maximum Gasteiger partial charge on any atom is 0.256 e. The number of hydrogen-bond acceptors (Lipinski definition) is 4. The molecular weight excluding hydrogens is 354 g/mol. The number of methoxy groups -OCH3 is 1. The molecule has 0 fully saturated rings. The highest BCUT2D eigenvalue weighted by Gasteiger charge is 2.15. The van der Waals surface area contributed by atoms with E-state index in [4.69, 9.17) is 9.47 Å². The summed E-state index contributed by atoms with van der Waals surface area (Å²) in [6.07, 6.45) is 2.61. The van der Waals surface area contributed by atoms with E-state index in [1.165, 1.54) is 0 Å². The van der Waals surface area contributed by atoms with Crippen LogP contribution in [0.5, 0.6) is 11.5 Å².